The molecule has 2 N–H and O–H groups in total. The second-order valence-corrected chi connectivity index (χ2v) is 7.20. The van der Waals surface area contributed by atoms with Crippen LogP contribution < -0.4 is 5.73 Å². The lowest BCUT2D eigenvalue weighted by Crippen LogP contribution is -2.65. The van der Waals surface area contributed by atoms with Gasteiger partial charge in [0.25, 0.3) is 5.78 Å². The monoisotopic (exact) mass is 397 g/mol. The first-order chi connectivity index (χ1) is 14.0. The van der Waals surface area contributed by atoms with Crippen LogP contribution in [-0.2, 0) is 23.7 Å². The summed E-state index contributed by atoms with van der Waals surface area (Å²) in [6, 6.07) is 17.1. The average molecular weight is 397 g/mol. The van der Waals surface area contributed by atoms with Gasteiger partial charge in [0.05, 0.1) is 18.8 Å². The fourth-order valence-corrected chi connectivity index (χ4v) is 3.62. The third-order valence-corrected chi connectivity index (χ3v) is 5.23. The van der Waals surface area contributed by atoms with Gasteiger partial charge in [0.15, 0.2) is 6.29 Å². The Labute approximate surface area is 168 Å². The summed E-state index contributed by atoms with van der Waals surface area (Å²) in [5.74, 6) is -1.68. The lowest BCUT2D eigenvalue weighted by molar-refractivity contribution is -0.312. The summed E-state index contributed by atoms with van der Waals surface area (Å²) in [5, 5.41) is 0. The zero-order valence-corrected chi connectivity index (χ0v) is 16.0. The highest BCUT2D eigenvalue weighted by Crippen LogP contribution is 2.34. The summed E-state index contributed by atoms with van der Waals surface area (Å²) in [6.07, 6.45) is -2.95. The Balaban J connectivity index is 1.53. The SMILES string of the molecule is CC1OC2COC(c3ccccc3)OC2C(OC(=O)C(=O)c2ccccc2)C1N. The van der Waals surface area contributed by atoms with Crippen LogP contribution in [0.5, 0.6) is 0 Å². The normalized spacial score (nSPS) is 31.5. The number of ether oxygens (including phenoxy) is 4. The van der Waals surface area contributed by atoms with Gasteiger partial charge in [0, 0.05) is 11.1 Å². The van der Waals surface area contributed by atoms with E-state index in [2.05, 4.69) is 0 Å². The quantitative estimate of drug-likeness (QED) is 0.479. The molecule has 0 aromatic heterocycles. The molecule has 0 amide bonds. The maximum atomic E-state index is 12.5. The predicted octanol–water partition coefficient (Wildman–Crippen LogP) is 2.01. The molecule has 2 aromatic carbocycles. The van der Waals surface area contributed by atoms with Crippen LogP contribution in [0, 0.1) is 0 Å². The minimum Gasteiger partial charge on any atom is -0.452 e. The third kappa shape index (κ3) is 4.09. The van der Waals surface area contributed by atoms with Crippen molar-refractivity contribution in [2.24, 2.45) is 5.73 Å². The highest BCUT2D eigenvalue weighted by Gasteiger charge is 2.49. The van der Waals surface area contributed by atoms with Gasteiger partial charge in [-0.25, -0.2) is 4.79 Å². The summed E-state index contributed by atoms with van der Waals surface area (Å²) in [7, 11) is 0. The van der Waals surface area contributed by atoms with E-state index in [1.54, 1.807) is 37.3 Å². The van der Waals surface area contributed by atoms with E-state index in [0.29, 0.717) is 0 Å². The van der Waals surface area contributed by atoms with Gasteiger partial charge < -0.3 is 24.7 Å². The largest absolute Gasteiger partial charge is 0.452 e. The van der Waals surface area contributed by atoms with Crippen LogP contribution in [0.2, 0.25) is 0 Å². The molecule has 2 aliphatic heterocycles. The predicted molar refractivity (Wildman–Crippen MR) is 103 cm³/mol. The minimum atomic E-state index is -0.962. The van der Waals surface area contributed by atoms with Crippen molar-refractivity contribution in [2.75, 3.05) is 6.61 Å². The van der Waals surface area contributed by atoms with E-state index in [1.165, 1.54) is 0 Å². The van der Waals surface area contributed by atoms with Crippen LogP contribution in [0.25, 0.3) is 0 Å². The van der Waals surface area contributed by atoms with Crippen molar-refractivity contribution in [2.45, 2.75) is 43.7 Å². The van der Waals surface area contributed by atoms with Crippen molar-refractivity contribution in [1.29, 1.82) is 0 Å². The molecule has 0 aliphatic carbocycles. The molecule has 0 spiro atoms. The van der Waals surface area contributed by atoms with Crippen molar-refractivity contribution in [3.63, 3.8) is 0 Å². The molecule has 0 radical (unpaired) electrons. The van der Waals surface area contributed by atoms with Gasteiger partial charge in [-0.3, -0.25) is 4.79 Å². The van der Waals surface area contributed by atoms with Gasteiger partial charge in [-0.2, -0.15) is 0 Å². The van der Waals surface area contributed by atoms with E-state index in [-0.39, 0.29) is 18.3 Å². The Kier molecular flexibility index (Phi) is 5.73. The number of rotatable bonds is 4. The molecular formula is C22H23NO6. The van der Waals surface area contributed by atoms with E-state index in [0.717, 1.165) is 5.56 Å². The summed E-state index contributed by atoms with van der Waals surface area (Å²) in [5.41, 5.74) is 7.36. The minimum absolute atomic E-state index is 0.262. The lowest BCUT2D eigenvalue weighted by atomic mass is 9.93. The first kappa shape index (κ1) is 19.7. The number of benzene rings is 2. The average Bonchev–Trinajstić information content (AvgIpc) is 2.77. The van der Waals surface area contributed by atoms with Crippen molar-refractivity contribution in [3.05, 3.63) is 71.8 Å². The Morgan fingerprint density at radius 1 is 1.00 bits per heavy atom. The topological polar surface area (TPSA) is 97.1 Å². The van der Waals surface area contributed by atoms with Gasteiger partial charge in [0.2, 0.25) is 0 Å². The fourth-order valence-electron chi connectivity index (χ4n) is 3.62. The number of fused-ring (bicyclic) bond motifs is 1. The highest BCUT2D eigenvalue weighted by atomic mass is 16.7. The highest BCUT2D eigenvalue weighted by molar-refractivity contribution is 6.40. The molecule has 2 fully saturated rings. The van der Waals surface area contributed by atoms with E-state index >= 15 is 0 Å². The number of Topliss-reactive ketones (excluding diaryl/α,β-unsaturated/α-hetero) is 1. The summed E-state index contributed by atoms with van der Waals surface area (Å²) >= 11 is 0. The van der Waals surface area contributed by atoms with Crippen LogP contribution in [0.15, 0.2) is 60.7 Å². The first-order valence-electron chi connectivity index (χ1n) is 9.58. The number of carbonyl (C=O) groups is 2. The summed E-state index contributed by atoms with van der Waals surface area (Å²) in [4.78, 5) is 25.0. The Bertz CT molecular complexity index is 858. The first-order valence-corrected chi connectivity index (χ1v) is 9.58. The van der Waals surface area contributed by atoms with Crippen molar-refractivity contribution in [1.82, 2.24) is 0 Å². The van der Waals surface area contributed by atoms with Crippen LogP contribution in [0.4, 0.5) is 0 Å². The molecule has 152 valence electrons. The summed E-state index contributed by atoms with van der Waals surface area (Å²) < 4.78 is 23.3. The molecule has 2 aliphatic rings. The van der Waals surface area contributed by atoms with E-state index in [1.807, 2.05) is 30.3 Å². The van der Waals surface area contributed by atoms with Crippen molar-refractivity contribution < 1.29 is 28.5 Å². The van der Waals surface area contributed by atoms with Crippen LogP contribution in [0.3, 0.4) is 0 Å². The van der Waals surface area contributed by atoms with E-state index in [9.17, 15) is 9.59 Å². The zero-order chi connectivity index (χ0) is 20.4. The molecule has 4 rings (SSSR count). The van der Waals surface area contributed by atoms with Gasteiger partial charge in [-0.1, -0.05) is 60.7 Å². The molecule has 2 heterocycles. The van der Waals surface area contributed by atoms with Gasteiger partial charge >= 0.3 is 5.97 Å². The number of carbonyl (C=O) groups excluding carboxylic acids is 2. The van der Waals surface area contributed by atoms with E-state index in [4.69, 9.17) is 24.7 Å². The smallest absolute Gasteiger partial charge is 0.380 e. The number of hydrogen-bond acceptors (Lipinski definition) is 7. The molecule has 29 heavy (non-hydrogen) atoms. The third-order valence-electron chi connectivity index (χ3n) is 5.23. The Morgan fingerprint density at radius 2 is 1.66 bits per heavy atom. The Hall–Kier alpha value is -2.58. The molecule has 0 bridgehead atoms. The second kappa shape index (κ2) is 8.42. The van der Waals surface area contributed by atoms with Gasteiger partial charge in [0.1, 0.15) is 18.3 Å². The lowest BCUT2D eigenvalue weighted by Gasteiger charge is -2.47. The summed E-state index contributed by atoms with van der Waals surface area (Å²) in [6.45, 7) is 2.06. The molecule has 6 unspecified atom stereocenters. The second-order valence-electron chi connectivity index (χ2n) is 7.20. The maximum Gasteiger partial charge on any atom is 0.380 e. The number of esters is 1. The zero-order valence-electron chi connectivity index (χ0n) is 16.0. The molecule has 6 atom stereocenters. The molecule has 2 aromatic rings. The molecule has 0 saturated carbocycles. The fraction of sp³-hybridized carbons (Fsp3) is 0.364. The maximum absolute atomic E-state index is 12.5. The van der Waals surface area contributed by atoms with Crippen molar-refractivity contribution in [3.8, 4) is 0 Å². The number of nitrogens with two attached hydrogens (primary N) is 1. The van der Waals surface area contributed by atoms with E-state index < -0.39 is 42.4 Å². The molecular weight excluding hydrogens is 374 g/mol. The van der Waals surface area contributed by atoms with Gasteiger partial charge in [-0.15, -0.1) is 0 Å². The van der Waals surface area contributed by atoms with Crippen molar-refractivity contribution >= 4 is 11.8 Å². The van der Waals surface area contributed by atoms with Gasteiger partial charge in [-0.05, 0) is 6.92 Å². The van der Waals surface area contributed by atoms with Crippen LogP contribution in [0.1, 0.15) is 29.1 Å². The van der Waals surface area contributed by atoms with Crippen LogP contribution in [-0.4, -0.2) is 48.8 Å². The molecule has 2 saturated heterocycles. The molecule has 7 nitrogen and oxygen atoms in total. The Morgan fingerprint density at radius 3 is 2.34 bits per heavy atom. The molecule has 7 heteroatoms. The van der Waals surface area contributed by atoms with Crippen LogP contribution >= 0.6 is 0 Å². The number of hydrogen-bond donors (Lipinski definition) is 1. The standard InChI is InChI=1S/C22H23NO6/c1-13-17(23)20(28-21(25)18(24)14-8-4-2-5-9-14)19-16(27-13)12-26-22(29-19)15-10-6-3-7-11-15/h2-11,13,16-17,19-20,22H,12,23H2,1H3. The number of ketones is 1.